The molecule has 2 fully saturated rings. The number of likely N-dealkylation sites (tertiary alicyclic amines) is 1. The third-order valence-corrected chi connectivity index (χ3v) is 3.76. The minimum atomic E-state index is -0.472. The largest absolute Gasteiger partial charge is 0.444 e. The normalized spacial score (nSPS) is 32.9. The molecule has 0 aliphatic carbocycles. The fourth-order valence-electron chi connectivity index (χ4n) is 2.86. The van der Waals surface area contributed by atoms with Gasteiger partial charge in [-0.25, -0.2) is 4.79 Å². The zero-order chi connectivity index (χ0) is 13.4. The summed E-state index contributed by atoms with van der Waals surface area (Å²) in [6.45, 7) is 7.60. The van der Waals surface area contributed by atoms with Gasteiger partial charge in [-0.3, -0.25) is 4.90 Å². The molecule has 2 saturated heterocycles. The Bertz CT molecular complexity index is 319. The molecule has 0 radical (unpaired) electrons. The van der Waals surface area contributed by atoms with Gasteiger partial charge in [-0.1, -0.05) is 0 Å². The first kappa shape index (κ1) is 13.6. The Labute approximate surface area is 109 Å². The fraction of sp³-hybridized carbons (Fsp3) is 0.923. The van der Waals surface area contributed by atoms with Crippen LogP contribution in [0.15, 0.2) is 0 Å². The average Bonchev–Trinajstić information content (AvgIpc) is 2.56. The van der Waals surface area contributed by atoms with Crippen LogP contribution in [0.5, 0.6) is 0 Å². The van der Waals surface area contributed by atoms with Crippen molar-refractivity contribution in [1.29, 1.82) is 0 Å². The first-order valence-electron chi connectivity index (χ1n) is 6.69. The maximum Gasteiger partial charge on any atom is 0.410 e. The standard InChI is InChI=1S/C13H24N2O3/c1-12(2,3)18-11(16)15-7-5-10(14)13(15)6-4-8-17-9-13/h10H,4-9,14H2,1-3H3. The highest BCUT2D eigenvalue weighted by atomic mass is 16.6. The molecule has 5 nitrogen and oxygen atoms in total. The summed E-state index contributed by atoms with van der Waals surface area (Å²) in [5.41, 5.74) is 5.39. The molecule has 2 aliphatic heterocycles. The molecule has 1 spiro atoms. The Morgan fingerprint density at radius 3 is 2.78 bits per heavy atom. The van der Waals surface area contributed by atoms with Crippen LogP contribution in [0.4, 0.5) is 4.79 Å². The van der Waals surface area contributed by atoms with Crippen molar-refractivity contribution in [2.75, 3.05) is 19.8 Å². The smallest absolute Gasteiger partial charge is 0.410 e. The molecule has 0 aromatic carbocycles. The number of carbonyl (C=O) groups is 1. The number of nitrogens with two attached hydrogens (primary N) is 1. The minimum absolute atomic E-state index is 0.00896. The molecule has 5 heteroatoms. The Kier molecular flexibility index (Phi) is 3.56. The monoisotopic (exact) mass is 256 g/mol. The molecule has 18 heavy (non-hydrogen) atoms. The van der Waals surface area contributed by atoms with Crippen molar-refractivity contribution in [1.82, 2.24) is 4.90 Å². The lowest BCUT2D eigenvalue weighted by molar-refractivity contribution is -0.0482. The van der Waals surface area contributed by atoms with E-state index in [1.807, 2.05) is 20.8 Å². The first-order valence-corrected chi connectivity index (χ1v) is 6.69. The van der Waals surface area contributed by atoms with Gasteiger partial charge in [0.05, 0.1) is 12.1 Å². The van der Waals surface area contributed by atoms with E-state index in [1.165, 1.54) is 0 Å². The maximum atomic E-state index is 12.3. The van der Waals surface area contributed by atoms with Crippen LogP contribution >= 0.6 is 0 Å². The summed E-state index contributed by atoms with van der Waals surface area (Å²) in [6.07, 6.45) is 2.42. The van der Waals surface area contributed by atoms with Gasteiger partial charge in [0, 0.05) is 19.2 Å². The number of ether oxygens (including phenoxy) is 2. The van der Waals surface area contributed by atoms with E-state index in [2.05, 4.69) is 0 Å². The average molecular weight is 256 g/mol. The van der Waals surface area contributed by atoms with Crippen molar-refractivity contribution in [3.8, 4) is 0 Å². The van der Waals surface area contributed by atoms with Crippen LogP contribution in [0, 0.1) is 0 Å². The van der Waals surface area contributed by atoms with Gasteiger partial charge in [-0.15, -0.1) is 0 Å². The lowest BCUT2D eigenvalue weighted by atomic mass is 9.86. The number of hydrogen-bond acceptors (Lipinski definition) is 4. The topological polar surface area (TPSA) is 64.8 Å². The van der Waals surface area contributed by atoms with E-state index in [0.717, 1.165) is 25.9 Å². The molecule has 1 amide bonds. The van der Waals surface area contributed by atoms with Crippen LogP contribution in [0.25, 0.3) is 0 Å². The van der Waals surface area contributed by atoms with Crippen LogP contribution in [0.1, 0.15) is 40.0 Å². The number of rotatable bonds is 0. The Morgan fingerprint density at radius 2 is 2.22 bits per heavy atom. The highest BCUT2D eigenvalue weighted by Gasteiger charge is 2.51. The second-order valence-corrected chi connectivity index (χ2v) is 6.29. The number of nitrogens with zero attached hydrogens (tertiary/aromatic N) is 1. The lowest BCUT2D eigenvalue weighted by Crippen LogP contribution is -2.60. The van der Waals surface area contributed by atoms with Crippen molar-refractivity contribution < 1.29 is 14.3 Å². The number of amides is 1. The molecule has 0 aromatic rings. The van der Waals surface area contributed by atoms with E-state index in [-0.39, 0.29) is 17.7 Å². The van der Waals surface area contributed by atoms with Gasteiger partial charge >= 0.3 is 6.09 Å². The molecule has 0 aromatic heterocycles. The van der Waals surface area contributed by atoms with Crippen LogP contribution in [-0.2, 0) is 9.47 Å². The van der Waals surface area contributed by atoms with Crippen LogP contribution in [0.3, 0.4) is 0 Å². The summed E-state index contributed by atoms with van der Waals surface area (Å²) in [4.78, 5) is 14.1. The van der Waals surface area contributed by atoms with E-state index < -0.39 is 5.60 Å². The zero-order valence-corrected chi connectivity index (χ0v) is 11.6. The summed E-state index contributed by atoms with van der Waals surface area (Å²) in [5, 5.41) is 0. The van der Waals surface area contributed by atoms with Gasteiger partial charge in [-0.05, 0) is 40.0 Å². The van der Waals surface area contributed by atoms with Gasteiger partial charge in [0.2, 0.25) is 0 Å². The van der Waals surface area contributed by atoms with Crippen LogP contribution in [0.2, 0.25) is 0 Å². The Hall–Kier alpha value is -0.810. The molecule has 2 atom stereocenters. The molecular formula is C13H24N2O3. The summed E-state index contributed by atoms with van der Waals surface area (Å²) in [7, 11) is 0. The highest BCUT2D eigenvalue weighted by Crippen LogP contribution is 2.36. The van der Waals surface area contributed by atoms with E-state index in [1.54, 1.807) is 4.90 Å². The summed E-state index contributed by atoms with van der Waals surface area (Å²) < 4.78 is 11.0. The van der Waals surface area contributed by atoms with Crippen molar-refractivity contribution in [3.05, 3.63) is 0 Å². The molecule has 2 unspecified atom stereocenters. The van der Waals surface area contributed by atoms with Crippen molar-refractivity contribution in [3.63, 3.8) is 0 Å². The van der Waals surface area contributed by atoms with Crippen LogP contribution in [-0.4, -0.2) is 47.9 Å². The maximum absolute atomic E-state index is 12.3. The van der Waals surface area contributed by atoms with Gasteiger partial charge in [0.25, 0.3) is 0 Å². The molecule has 2 aliphatic rings. The first-order chi connectivity index (χ1) is 8.35. The van der Waals surface area contributed by atoms with E-state index in [4.69, 9.17) is 15.2 Å². The number of hydrogen-bond donors (Lipinski definition) is 1. The molecular weight excluding hydrogens is 232 g/mol. The van der Waals surface area contributed by atoms with Gasteiger partial charge in [0.15, 0.2) is 0 Å². The Morgan fingerprint density at radius 1 is 1.50 bits per heavy atom. The SMILES string of the molecule is CC(C)(C)OC(=O)N1CCC(N)C12CCCOC2. The minimum Gasteiger partial charge on any atom is -0.444 e. The molecule has 0 bridgehead atoms. The molecule has 2 rings (SSSR count). The molecule has 2 heterocycles. The number of carbonyl (C=O) groups excluding carboxylic acids is 1. The third kappa shape index (κ3) is 2.47. The predicted molar refractivity (Wildman–Crippen MR) is 68.3 cm³/mol. The van der Waals surface area contributed by atoms with Crippen molar-refractivity contribution >= 4 is 6.09 Å². The molecule has 0 saturated carbocycles. The second kappa shape index (κ2) is 4.70. The van der Waals surface area contributed by atoms with Crippen LogP contribution < -0.4 is 5.73 Å². The highest BCUT2D eigenvalue weighted by molar-refractivity contribution is 5.70. The van der Waals surface area contributed by atoms with E-state index in [9.17, 15) is 4.79 Å². The third-order valence-electron chi connectivity index (χ3n) is 3.76. The summed E-state index contributed by atoms with van der Waals surface area (Å²) in [6, 6.07) is -0.00896. The van der Waals surface area contributed by atoms with Crippen molar-refractivity contribution in [2.24, 2.45) is 5.73 Å². The summed E-state index contributed by atoms with van der Waals surface area (Å²) >= 11 is 0. The fourth-order valence-corrected chi connectivity index (χ4v) is 2.86. The second-order valence-electron chi connectivity index (χ2n) is 6.29. The van der Waals surface area contributed by atoms with Gasteiger partial charge in [0.1, 0.15) is 5.60 Å². The van der Waals surface area contributed by atoms with E-state index >= 15 is 0 Å². The van der Waals surface area contributed by atoms with Gasteiger partial charge < -0.3 is 15.2 Å². The lowest BCUT2D eigenvalue weighted by Gasteiger charge is -2.43. The Balaban J connectivity index is 2.13. The summed E-state index contributed by atoms with van der Waals surface area (Å²) in [5.74, 6) is 0. The predicted octanol–water partition coefficient (Wildman–Crippen LogP) is 1.50. The van der Waals surface area contributed by atoms with Gasteiger partial charge in [-0.2, -0.15) is 0 Å². The van der Waals surface area contributed by atoms with Crippen molar-refractivity contribution in [2.45, 2.75) is 57.2 Å². The quantitative estimate of drug-likeness (QED) is 0.713. The zero-order valence-electron chi connectivity index (χ0n) is 11.6. The molecule has 104 valence electrons. The van der Waals surface area contributed by atoms with E-state index in [0.29, 0.717) is 13.2 Å². The molecule has 2 N–H and O–H groups in total.